The van der Waals surface area contributed by atoms with E-state index in [0.29, 0.717) is 5.92 Å². The van der Waals surface area contributed by atoms with E-state index in [1.807, 2.05) is 20.8 Å². The zero-order valence-corrected chi connectivity index (χ0v) is 11.5. The highest BCUT2D eigenvalue weighted by atomic mass is 19.4. The van der Waals surface area contributed by atoms with Gasteiger partial charge >= 0.3 is 6.18 Å². The monoisotopic (exact) mass is 274 g/mol. The Morgan fingerprint density at radius 3 is 2.26 bits per heavy atom. The largest absolute Gasteiger partial charge is 0.418 e. The van der Waals surface area contributed by atoms with Gasteiger partial charge in [-0.3, -0.25) is 0 Å². The lowest BCUT2D eigenvalue weighted by molar-refractivity contribution is -0.136. The summed E-state index contributed by atoms with van der Waals surface area (Å²) in [5.41, 5.74) is 4.95. The summed E-state index contributed by atoms with van der Waals surface area (Å²) in [4.78, 5) is 0. The molecule has 1 aromatic carbocycles. The third-order valence-corrected chi connectivity index (χ3v) is 3.49. The molecular formula is C14H21F3N2. The van der Waals surface area contributed by atoms with Crippen molar-refractivity contribution in [1.82, 2.24) is 0 Å². The molecule has 1 unspecified atom stereocenters. The number of halogens is 3. The topological polar surface area (TPSA) is 38.0 Å². The molecule has 1 atom stereocenters. The molecule has 0 aliphatic heterocycles. The van der Waals surface area contributed by atoms with E-state index in [1.54, 1.807) is 0 Å². The van der Waals surface area contributed by atoms with Gasteiger partial charge < -0.3 is 11.1 Å². The number of nitrogens with two attached hydrogens (primary N) is 1. The highest BCUT2D eigenvalue weighted by molar-refractivity contribution is 5.59. The predicted octanol–water partition coefficient (Wildman–Crippen LogP) is 4.52. The molecule has 0 amide bonds. The Labute approximate surface area is 112 Å². The van der Waals surface area contributed by atoms with Gasteiger partial charge in [-0.1, -0.05) is 26.7 Å². The molecule has 0 fully saturated rings. The average molecular weight is 274 g/mol. The van der Waals surface area contributed by atoms with E-state index in [1.165, 1.54) is 12.1 Å². The molecule has 108 valence electrons. The van der Waals surface area contributed by atoms with E-state index in [4.69, 9.17) is 5.73 Å². The van der Waals surface area contributed by atoms with Gasteiger partial charge in [0.05, 0.1) is 5.56 Å². The highest BCUT2D eigenvalue weighted by Gasteiger charge is 2.34. The lowest BCUT2D eigenvalue weighted by Crippen LogP contribution is -2.26. The zero-order chi connectivity index (χ0) is 14.6. The minimum Gasteiger partial charge on any atom is -0.399 e. The van der Waals surface area contributed by atoms with Crippen molar-refractivity contribution in [3.05, 3.63) is 23.8 Å². The standard InChI is InChI=1S/C14H21F3N2/c1-4-10(5-2)9(3)19-13-7-6-11(18)8-12(13)14(15,16)17/h6-10,19H,4-5,18H2,1-3H3. The number of rotatable bonds is 5. The van der Waals surface area contributed by atoms with Crippen molar-refractivity contribution < 1.29 is 13.2 Å². The van der Waals surface area contributed by atoms with Crippen molar-refractivity contribution >= 4 is 11.4 Å². The van der Waals surface area contributed by atoms with Crippen molar-refractivity contribution in [2.75, 3.05) is 11.1 Å². The molecule has 2 nitrogen and oxygen atoms in total. The molecule has 0 aliphatic carbocycles. The van der Waals surface area contributed by atoms with Crippen molar-refractivity contribution in [2.45, 2.75) is 45.8 Å². The van der Waals surface area contributed by atoms with Crippen LogP contribution in [0, 0.1) is 5.92 Å². The van der Waals surface area contributed by atoms with Gasteiger partial charge in [0.15, 0.2) is 0 Å². The van der Waals surface area contributed by atoms with Crippen LogP contribution in [0.1, 0.15) is 39.2 Å². The SMILES string of the molecule is CCC(CC)C(C)Nc1ccc(N)cc1C(F)(F)F. The predicted molar refractivity (Wildman–Crippen MR) is 73.0 cm³/mol. The Kier molecular flexibility index (Phi) is 5.09. The van der Waals surface area contributed by atoms with E-state index in [2.05, 4.69) is 5.32 Å². The quantitative estimate of drug-likeness (QED) is 0.774. The fraction of sp³-hybridized carbons (Fsp3) is 0.571. The molecule has 0 saturated heterocycles. The minimum atomic E-state index is -4.40. The van der Waals surface area contributed by atoms with E-state index in [0.717, 1.165) is 18.9 Å². The van der Waals surface area contributed by atoms with Gasteiger partial charge in [-0.05, 0) is 31.0 Å². The van der Waals surface area contributed by atoms with Crippen molar-refractivity contribution in [1.29, 1.82) is 0 Å². The molecule has 1 aromatic rings. The van der Waals surface area contributed by atoms with Gasteiger partial charge in [0.2, 0.25) is 0 Å². The number of anilines is 2. The first kappa shape index (κ1) is 15.7. The summed E-state index contributed by atoms with van der Waals surface area (Å²) in [6, 6.07) is 3.84. The Morgan fingerprint density at radius 1 is 1.21 bits per heavy atom. The van der Waals surface area contributed by atoms with Crippen LogP contribution in [-0.2, 0) is 6.18 Å². The summed E-state index contributed by atoms with van der Waals surface area (Å²) in [6.45, 7) is 5.99. The highest BCUT2D eigenvalue weighted by Crippen LogP contribution is 2.36. The number of benzene rings is 1. The van der Waals surface area contributed by atoms with Crippen LogP contribution in [0.2, 0.25) is 0 Å². The molecule has 0 bridgehead atoms. The normalized spacial score (nSPS) is 13.6. The smallest absolute Gasteiger partial charge is 0.399 e. The third-order valence-electron chi connectivity index (χ3n) is 3.49. The third kappa shape index (κ3) is 4.04. The molecule has 0 saturated carbocycles. The summed E-state index contributed by atoms with van der Waals surface area (Å²) in [5, 5.41) is 2.97. The van der Waals surface area contributed by atoms with E-state index >= 15 is 0 Å². The number of hydrogen-bond acceptors (Lipinski definition) is 2. The number of nitrogen functional groups attached to an aromatic ring is 1. The van der Waals surface area contributed by atoms with E-state index < -0.39 is 11.7 Å². The number of hydrogen-bond donors (Lipinski definition) is 2. The summed E-state index contributed by atoms with van der Waals surface area (Å²) >= 11 is 0. The van der Waals surface area contributed by atoms with Crippen LogP contribution >= 0.6 is 0 Å². The van der Waals surface area contributed by atoms with Crippen LogP contribution < -0.4 is 11.1 Å². The maximum Gasteiger partial charge on any atom is 0.418 e. The minimum absolute atomic E-state index is 0.0141. The van der Waals surface area contributed by atoms with Gasteiger partial charge in [-0.25, -0.2) is 0 Å². The van der Waals surface area contributed by atoms with Crippen LogP contribution in [0.15, 0.2) is 18.2 Å². The fourth-order valence-corrected chi connectivity index (χ4v) is 2.28. The van der Waals surface area contributed by atoms with Crippen LogP contribution in [0.4, 0.5) is 24.5 Å². The average Bonchev–Trinajstić information content (AvgIpc) is 2.31. The first-order chi connectivity index (χ1) is 8.79. The summed E-state index contributed by atoms with van der Waals surface area (Å²) in [7, 11) is 0. The second kappa shape index (κ2) is 6.17. The van der Waals surface area contributed by atoms with Gasteiger partial charge in [-0.15, -0.1) is 0 Å². The lowest BCUT2D eigenvalue weighted by Gasteiger charge is -2.25. The maximum absolute atomic E-state index is 12.9. The van der Waals surface area contributed by atoms with Gasteiger partial charge in [0, 0.05) is 17.4 Å². The molecule has 5 heteroatoms. The Hall–Kier alpha value is -1.39. The van der Waals surface area contributed by atoms with Gasteiger partial charge in [0.25, 0.3) is 0 Å². The first-order valence-corrected chi connectivity index (χ1v) is 6.52. The molecule has 1 rings (SSSR count). The Balaban J connectivity index is 3.01. The van der Waals surface area contributed by atoms with Gasteiger partial charge in [-0.2, -0.15) is 13.2 Å². The van der Waals surface area contributed by atoms with Crippen molar-refractivity contribution in [3.8, 4) is 0 Å². The maximum atomic E-state index is 12.9. The number of alkyl halides is 3. The molecule has 0 aliphatic rings. The van der Waals surface area contributed by atoms with Crippen LogP contribution in [0.25, 0.3) is 0 Å². The van der Waals surface area contributed by atoms with E-state index in [9.17, 15) is 13.2 Å². The van der Waals surface area contributed by atoms with Crippen molar-refractivity contribution in [2.24, 2.45) is 5.92 Å². The Morgan fingerprint density at radius 2 is 1.79 bits per heavy atom. The molecule has 3 N–H and O–H groups in total. The molecular weight excluding hydrogens is 253 g/mol. The Bertz CT molecular complexity index is 412. The van der Waals surface area contributed by atoms with Crippen LogP contribution in [0.3, 0.4) is 0 Å². The molecule has 0 spiro atoms. The van der Waals surface area contributed by atoms with Crippen LogP contribution in [0.5, 0.6) is 0 Å². The van der Waals surface area contributed by atoms with E-state index in [-0.39, 0.29) is 17.4 Å². The molecule has 0 radical (unpaired) electrons. The van der Waals surface area contributed by atoms with Crippen molar-refractivity contribution in [3.63, 3.8) is 0 Å². The second-order valence-corrected chi connectivity index (χ2v) is 4.81. The summed E-state index contributed by atoms with van der Waals surface area (Å²) in [5.74, 6) is 0.346. The van der Waals surface area contributed by atoms with Gasteiger partial charge in [0.1, 0.15) is 0 Å². The fourth-order valence-electron chi connectivity index (χ4n) is 2.28. The zero-order valence-electron chi connectivity index (χ0n) is 11.5. The summed E-state index contributed by atoms with van der Waals surface area (Å²) < 4.78 is 38.8. The summed E-state index contributed by atoms with van der Waals surface area (Å²) in [6.07, 6.45) is -2.53. The second-order valence-electron chi connectivity index (χ2n) is 4.81. The lowest BCUT2D eigenvalue weighted by atomic mass is 9.95. The van der Waals surface area contributed by atoms with Crippen LogP contribution in [-0.4, -0.2) is 6.04 Å². The molecule has 0 heterocycles. The molecule has 0 aromatic heterocycles. The molecule has 19 heavy (non-hydrogen) atoms. The number of nitrogens with one attached hydrogen (secondary N) is 1. The first-order valence-electron chi connectivity index (χ1n) is 6.52.